The van der Waals surface area contributed by atoms with E-state index in [4.69, 9.17) is 0 Å². The molecule has 21 heavy (non-hydrogen) atoms. The molecule has 120 valence electrons. The number of aliphatic hydroxyl groups is 1. The Bertz CT molecular complexity index is 447. The van der Waals surface area contributed by atoms with Gasteiger partial charge in [0, 0.05) is 32.2 Å². The van der Waals surface area contributed by atoms with Crippen LogP contribution in [0.25, 0.3) is 0 Å². The Labute approximate surface area is 128 Å². The highest BCUT2D eigenvalue weighted by atomic mass is 16.3. The van der Waals surface area contributed by atoms with Gasteiger partial charge in [0.2, 0.25) is 0 Å². The van der Waals surface area contributed by atoms with Gasteiger partial charge in [-0.2, -0.15) is 5.10 Å². The molecule has 0 saturated carbocycles. The van der Waals surface area contributed by atoms with E-state index in [0.29, 0.717) is 5.92 Å². The monoisotopic (exact) mass is 294 g/mol. The number of piperidine rings is 1. The van der Waals surface area contributed by atoms with Crippen LogP contribution in [0.3, 0.4) is 0 Å². The largest absolute Gasteiger partial charge is 0.393 e. The van der Waals surface area contributed by atoms with Crippen LogP contribution < -0.4 is 10.2 Å². The molecule has 0 aromatic carbocycles. The predicted octanol–water partition coefficient (Wildman–Crippen LogP) is 1.83. The van der Waals surface area contributed by atoms with Crippen LogP contribution >= 0.6 is 0 Å². The first-order valence-electron chi connectivity index (χ1n) is 8.20. The number of nitrogens with one attached hydrogen (secondary N) is 1. The van der Waals surface area contributed by atoms with Crippen molar-refractivity contribution in [3.63, 3.8) is 0 Å². The van der Waals surface area contributed by atoms with Crippen LogP contribution in [0.2, 0.25) is 0 Å². The summed E-state index contributed by atoms with van der Waals surface area (Å²) in [5, 5.41) is 17.8. The number of hydrogen-bond donors (Lipinski definition) is 2. The third-order valence-corrected chi connectivity index (χ3v) is 4.56. The summed E-state index contributed by atoms with van der Waals surface area (Å²) in [6, 6.07) is 0. The number of rotatable bonds is 6. The summed E-state index contributed by atoms with van der Waals surface area (Å²) in [6.45, 7) is 10.1. The minimum absolute atomic E-state index is 0.189. The van der Waals surface area contributed by atoms with Crippen LogP contribution in [0.5, 0.6) is 0 Å². The summed E-state index contributed by atoms with van der Waals surface area (Å²) >= 11 is 0. The molecule has 1 aliphatic rings. The molecule has 1 aliphatic heterocycles. The standard InChI is InChI=1S/C16H30N4O/c1-5-8-17-11-15-12(2)18-19(4)16(15)20-9-6-14(7-10-20)13(3)21/h13-14,17,21H,5-11H2,1-4H3. The maximum Gasteiger partial charge on any atom is 0.131 e. The minimum atomic E-state index is -0.189. The molecule has 1 saturated heterocycles. The normalized spacial score (nSPS) is 18.2. The molecule has 2 N–H and O–H groups in total. The van der Waals surface area contributed by atoms with Crippen molar-refractivity contribution in [3.8, 4) is 0 Å². The number of anilines is 1. The van der Waals surface area contributed by atoms with Crippen molar-refractivity contribution in [2.75, 3.05) is 24.5 Å². The predicted molar refractivity (Wildman–Crippen MR) is 86.6 cm³/mol. The zero-order valence-electron chi connectivity index (χ0n) is 13.9. The second-order valence-electron chi connectivity index (χ2n) is 6.25. The Morgan fingerprint density at radius 2 is 2.05 bits per heavy atom. The zero-order chi connectivity index (χ0) is 15.4. The molecular formula is C16H30N4O. The lowest BCUT2D eigenvalue weighted by Crippen LogP contribution is -2.38. The molecular weight excluding hydrogens is 264 g/mol. The van der Waals surface area contributed by atoms with E-state index in [1.54, 1.807) is 0 Å². The molecule has 1 atom stereocenters. The highest BCUT2D eigenvalue weighted by Gasteiger charge is 2.26. The summed E-state index contributed by atoms with van der Waals surface area (Å²) < 4.78 is 2.01. The van der Waals surface area contributed by atoms with Gasteiger partial charge in [-0.25, -0.2) is 0 Å². The fourth-order valence-corrected chi connectivity index (χ4v) is 3.28. The van der Waals surface area contributed by atoms with Gasteiger partial charge in [-0.1, -0.05) is 6.92 Å². The lowest BCUT2D eigenvalue weighted by molar-refractivity contribution is 0.109. The van der Waals surface area contributed by atoms with Gasteiger partial charge in [0.25, 0.3) is 0 Å². The molecule has 1 fully saturated rings. The quantitative estimate of drug-likeness (QED) is 0.786. The molecule has 0 aliphatic carbocycles. The third kappa shape index (κ3) is 3.77. The fourth-order valence-electron chi connectivity index (χ4n) is 3.28. The minimum Gasteiger partial charge on any atom is -0.393 e. The van der Waals surface area contributed by atoms with Crippen molar-refractivity contribution >= 4 is 5.82 Å². The van der Waals surface area contributed by atoms with Crippen LogP contribution in [0, 0.1) is 12.8 Å². The van der Waals surface area contributed by atoms with E-state index in [2.05, 4.69) is 29.2 Å². The number of aryl methyl sites for hydroxylation is 2. The van der Waals surface area contributed by atoms with Gasteiger partial charge in [-0.05, 0) is 45.6 Å². The van der Waals surface area contributed by atoms with E-state index in [1.807, 2.05) is 18.7 Å². The number of aliphatic hydroxyl groups excluding tert-OH is 1. The van der Waals surface area contributed by atoms with Gasteiger partial charge in [-0.3, -0.25) is 4.68 Å². The fraction of sp³-hybridized carbons (Fsp3) is 0.812. The molecule has 0 bridgehead atoms. The van der Waals surface area contributed by atoms with Gasteiger partial charge >= 0.3 is 0 Å². The Balaban J connectivity index is 2.08. The lowest BCUT2D eigenvalue weighted by atomic mass is 9.92. The van der Waals surface area contributed by atoms with E-state index < -0.39 is 0 Å². The van der Waals surface area contributed by atoms with Crippen molar-refractivity contribution in [3.05, 3.63) is 11.3 Å². The highest BCUT2D eigenvalue weighted by Crippen LogP contribution is 2.29. The summed E-state index contributed by atoms with van der Waals surface area (Å²) in [5.74, 6) is 1.69. The van der Waals surface area contributed by atoms with Gasteiger partial charge < -0.3 is 15.3 Å². The van der Waals surface area contributed by atoms with E-state index >= 15 is 0 Å². The number of hydrogen-bond acceptors (Lipinski definition) is 4. The molecule has 5 heteroatoms. The Morgan fingerprint density at radius 1 is 1.38 bits per heavy atom. The summed E-state index contributed by atoms with van der Waals surface area (Å²) in [4.78, 5) is 2.43. The second-order valence-corrected chi connectivity index (χ2v) is 6.25. The van der Waals surface area contributed by atoms with Gasteiger partial charge in [-0.15, -0.1) is 0 Å². The molecule has 1 unspecified atom stereocenters. The smallest absolute Gasteiger partial charge is 0.131 e. The summed E-state index contributed by atoms with van der Waals surface area (Å²) in [5.41, 5.74) is 2.44. The van der Waals surface area contributed by atoms with Crippen LogP contribution in [0.1, 0.15) is 44.4 Å². The molecule has 0 amide bonds. The first kappa shape index (κ1) is 16.3. The van der Waals surface area contributed by atoms with Crippen LogP contribution in [0.15, 0.2) is 0 Å². The maximum atomic E-state index is 9.74. The van der Waals surface area contributed by atoms with Crippen LogP contribution in [-0.2, 0) is 13.6 Å². The number of aromatic nitrogens is 2. The molecule has 5 nitrogen and oxygen atoms in total. The average molecular weight is 294 g/mol. The second kappa shape index (κ2) is 7.27. The van der Waals surface area contributed by atoms with E-state index in [9.17, 15) is 5.11 Å². The summed E-state index contributed by atoms with van der Waals surface area (Å²) in [6.07, 6.45) is 3.08. The third-order valence-electron chi connectivity index (χ3n) is 4.56. The van der Waals surface area contributed by atoms with E-state index in [-0.39, 0.29) is 6.10 Å². The van der Waals surface area contributed by atoms with Gasteiger partial charge in [0.05, 0.1) is 11.8 Å². The molecule has 2 heterocycles. The van der Waals surface area contributed by atoms with Crippen molar-refractivity contribution in [2.24, 2.45) is 13.0 Å². The molecule has 0 radical (unpaired) electrons. The van der Waals surface area contributed by atoms with Gasteiger partial charge in [0.15, 0.2) is 0 Å². The van der Waals surface area contributed by atoms with E-state index in [0.717, 1.165) is 51.1 Å². The topological polar surface area (TPSA) is 53.3 Å². The molecule has 1 aromatic rings. The molecule has 0 spiro atoms. The first-order chi connectivity index (χ1) is 10.0. The zero-order valence-corrected chi connectivity index (χ0v) is 13.9. The Morgan fingerprint density at radius 3 is 2.62 bits per heavy atom. The lowest BCUT2D eigenvalue weighted by Gasteiger charge is -2.35. The molecule has 1 aromatic heterocycles. The number of nitrogens with zero attached hydrogens (tertiary/aromatic N) is 3. The van der Waals surface area contributed by atoms with Crippen LogP contribution in [0.4, 0.5) is 5.82 Å². The average Bonchev–Trinajstić information content (AvgIpc) is 2.74. The molecule has 2 rings (SSSR count). The van der Waals surface area contributed by atoms with Crippen molar-refractivity contribution in [1.29, 1.82) is 0 Å². The summed E-state index contributed by atoms with van der Waals surface area (Å²) in [7, 11) is 2.03. The van der Waals surface area contributed by atoms with Crippen molar-refractivity contribution in [1.82, 2.24) is 15.1 Å². The Kier molecular flexibility index (Phi) is 5.65. The highest BCUT2D eigenvalue weighted by molar-refractivity contribution is 5.50. The van der Waals surface area contributed by atoms with Gasteiger partial charge in [0.1, 0.15) is 5.82 Å². The maximum absolute atomic E-state index is 9.74. The van der Waals surface area contributed by atoms with E-state index in [1.165, 1.54) is 11.4 Å². The SMILES string of the molecule is CCCNCc1c(C)nn(C)c1N1CCC(C(C)O)CC1. The van der Waals surface area contributed by atoms with Crippen LogP contribution in [-0.4, -0.2) is 40.6 Å². The van der Waals surface area contributed by atoms with Crippen molar-refractivity contribution < 1.29 is 5.11 Å². The van der Waals surface area contributed by atoms with Crippen molar-refractivity contribution in [2.45, 2.75) is 52.7 Å². The first-order valence-corrected chi connectivity index (χ1v) is 8.20. The Hall–Kier alpha value is -1.07.